The van der Waals surface area contributed by atoms with Crippen LogP contribution in [0.5, 0.6) is 0 Å². The normalized spacial score (nSPS) is 43.3. The summed E-state index contributed by atoms with van der Waals surface area (Å²) < 4.78 is 11.3. The molecule has 2 rings (SSSR count). The van der Waals surface area contributed by atoms with Crippen molar-refractivity contribution in [2.24, 2.45) is 23.2 Å². The molecule has 0 spiro atoms. The summed E-state index contributed by atoms with van der Waals surface area (Å²) in [6.07, 6.45) is 2.60. The lowest BCUT2D eigenvalue weighted by Gasteiger charge is -2.54. The van der Waals surface area contributed by atoms with Gasteiger partial charge in [-0.3, -0.25) is 4.79 Å². The van der Waals surface area contributed by atoms with Gasteiger partial charge in [-0.2, -0.15) is 0 Å². The standard InChI is InChI=1S/C15H24O3/c1-9-6-10(2)15(8-18-13(5)16)7-17-12(4)14(9)11(15)3/h6,10-12,14H,7-8H2,1-5H3/t10-,11+,12-,14-,15-/m0/s1. The second kappa shape index (κ2) is 4.69. The lowest BCUT2D eigenvalue weighted by Crippen LogP contribution is -2.56. The van der Waals surface area contributed by atoms with Crippen molar-refractivity contribution in [3.63, 3.8) is 0 Å². The first-order valence-electron chi connectivity index (χ1n) is 6.82. The molecule has 1 aliphatic heterocycles. The van der Waals surface area contributed by atoms with Crippen LogP contribution in [-0.4, -0.2) is 25.3 Å². The highest BCUT2D eigenvalue weighted by atomic mass is 16.5. The summed E-state index contributed by atoms with van der Waals surface area (Å²) in [6.45, 7) is 11.4. The van der Waals surface area contributed by atoms with Gasteiger partial charge in [0.1, 0.15) is 0 Å². The van der Waals surface area contributed by atoms with Gasteiger partial charge in [0.25, 0.3) is 0 Å². The molecule has 18 heavy (non-hydrogen) atoms. The molecule has 5 atom stereocenters. The van der Waals surface area contributed by atoms with Gasteiger partial charge in [-0.15, -0.1) is 0 Å². The van der Waals surface area contributed by atoms with Gasteiger partial charge >= 0.3 is 5.97 Å². The summed E-state index contributed by atoms with van der Waals surface area (Å²) in [5.74, 6) is 1.12. The van der Waals surface area contributed by atoms with Crippen molar-refractivity contribution in [3.05, 3.63) is 11.6 Å². The Morgan fingerprint density at radius 3 is 2.78 bits per heavy atom. The van der Waals surface area contributed by atoms with Crippen molar-refractivity contribution in [1.29, 1.82) is 0 Å². The molecule has 3 heteroatoms. The van der Waals surface area contributed by atoms with Crippen LogP contribution in [0, 0.1) is 23.2 Å². The minimum Gasteiger partial charge on any atom is -0.465 e. The summed E-state index contributed by atoms with van der Waals surface area (Å²) >= 11 is 0. The average Bonchev–Trinajstić information content (AvgIpc) is 2.26. The molecule has 1 aliphatic carbocycles. The van der Waals surface area contributed by atoms with Crippen molar-refractivity contribution in [2.75, 3.05) is 13.2 Å². The zero-order valence-electron chi connectivity index (χ0n) is 12.0. The molecular weight excluding hydrogens is 228 g/mol. The third-order valence-electron chi connectivity index (χ3n) is 5.06. The maximum atomic E-state index is 11.1. The maximum Gasteiger partial charge on any atom is 0.302 e. The molecule has 1 heterocycles. The number of fused-ring (bicyclic) bond motifs is 2. The monoisotopic (exact) mass is 252 g/mol. The van der Waals surface area contributed by atoms with Crippen molar-refractivity contribution in [2.45, 2.75) is 40.7 Å². The van der Waals surface area contributed by atoms with E-state index in [1.165, 1.54) is 12.5 Å². The summed E-state index contributed by atoms with van der Waals surface area (Å²) in [6, 6.07) is 0. The number of hydrogen-bond acceptors (Lipinski definition) is 3. The fraction of sp³-hybridized carbons (Fsp3) is 0.800. The average molecular weight is 252 g/mol. The van der Waals surface area contributed by atoms with Crippen molar-refractivity contribution >= 4 is 5.97 Å². The predicted octanol–water partition coefficient (Wildman–Crippen LogP) is 2.80. The van der Waals surface area contributed by atoms with E-state index in [-0.39, 0.29) is 17.5 Å². The number of hydrogen-bond donors (Lipinski definition) is 0. The Labute approximate surface area is 110 Å². The van der Waals surface area contributed by atoms with Crippen LogP contribution in [0.25, 0.3) is 0 Å². The summed E-state index contributed by atoms with van der Waals surface area (Å²) in [7, 11) is 0. The predicted molar refractivity (Wildman–Crippen MR) is 70.1 cm³/mol. The Morgan fingerprint density at radius 1 is 1.50 bits per heavy atom. The minimum absolute atomic E-state index is 0.0532. The number of ether oxygens (including phenoxy) is 2. The molecule has 0 aromatic heterocycles. The van der Waals surface area contributed by atoms with Gasteiger partial charge in [0, 0.05) is 18.3 Å². The molecular formula is C15H24O3. The molecule has 102 valence electrons. The molecule has 2 bridgehead atoms. The molecule has 1 saturated heterocycles. The Balaban J connectivity index is 2.31. The van der Waals surface area contributed by atoms with Gasteiger partial charge in [-0.1, -0.05) is 25.5 Å². The molecule has 0 aromatic rings. The van der Waals surface area contributed by atoms with E-state index in [4.69, 9.17) is 9.47 Å². The number of allylic oxidation sites excluding steroid dienone is 1. The van der Waals surface area contributed by atoms with Crippen LogP contribution in [0.2, 0.25) is 0 Å². The summed E-state index contributed by atoms with van der Waals surface area (Å²) in [5.41, 5.74) is 1.36. The van der Waals surface area contributed by atoms with Crippen LogP contribution in [0.15, 0.2) is 11.6 Å². The van der Waals surface area contributed by atoms with E-state index < -0.39 is 0 Å². The van der Waals surface area contributed by atoms with Crippen LogP contribution in [-0.2, 0) is 14.3 Å². The largest absolute Gasteiger partial charge is 0.465 e. The maximum absolute atomic E-state index is 11.1. The van der Waals surface area contributed by atoms with Crippen LogP contribution in [0.1, 0.15) is 34.6 Å². The molecule has 0 N–H and O–H groups in total. The van der Waals surface area contributed by atoms with E-state index in [0.717, 1.165) is 0 Å². The fourth-order valence-electron chi connectivity index (χ4n) is 3.81. The Kier molecular flexibility index (Phi) is 3.54. The zero-order valence-corrected chi connectivity index (χ0v) is 12.0. The molecule has 0 radical (unpaired) electrons. The highest BCUT2D eigenvalue weighted by Crippen LogP contribution is 2.52. The molecule has 0 aromatic carbocycles. The topological polar surface area (TPSA) is 35.5 Å². The van der Waals surface area contributed by atoms with Gasteiger partial charge in [0.15, 0.2) is 0 Å². The highest BCUT2D eigenvalue weighted by molar-refractivity contribution is 5.65. The van der Waals surface area contributed by atoms with Crippen molar-refractivity contribution < 1.29 is 14.3 Å². The Bertz CT molecular complexity index is 374. The first kappa shape index (κ1) is 13.6. The second-order valence-electron chi connectivity index (χ2n) is 6.04. The third kappa shape index (κ3) is 1.99. The lowest BCUT2D eigenvalue weighted by atomic mass is 9.56. The minimum atomic E-state index is -0.203. The zero-order chi connectivity index (χ0) is 13.5. The number of carbonyl (C=O) groups is 1. The highest BCUT2D eigenvalue weighted by Gasteiger charge is 2.53. The molecule has 0 unspecified atom stereocenters. The van der Waals surface area contributed by atoms with E-state index in [1.54, 1.807) is 0 Å². The molecule has 2 aliphatic rings. The molecule has 3 nitrogen and oxygen atoms in total. The van der Waals surface area contributed by atoms with E-state index >= 15 is 0 Å². The first-order chi connectivity index (χ1) is 8.38. The van der Waals surface area contributed by atoms with Crippen LogP contribution in [0.4, 0.5) is 0 Å². The van der Waals surface area contributed by atoms with E-state index in [1.807, 2.05) is 0 Å². The number of esters is 1. The Hall–Kier alpha value is -0.830. The van der Waals surface area contributed by atoms with Crippen molar-refractivity contribution in [3.8, 4) is 0 Å². The van der Waals surface area contributed by atoms with Crippen LogP contribution in [0.3, 0.4) is 0 Å². The number of rotatable bonds is 2. The van der Waals surface area contributed by atoms with E-state index in [0.29, 0.717) is 31.0 Å². The van der Waals surface area contributed by atoms with Crippen LogP contribution < -0.4 is 0 Å². The van der Waals surface area contributed by atoms with E-state index in [9.17, 15) is 4.79 Å². The van der Waals surface area contributed by atoms with Gasteiger partial charge in [0.2, 0.25) is 0 Å². The molecule has 0 amide bonds. The van der Waals surface area contributed by atoms with Crippen LogP contribution >= 0.6 is 0 Å². The molecule has 0 saturated carbocycles. The molecule has 1 fully saturated rings. The van der Waals surface area contributed by atoms with Gasteiger partial charge in [0.05, 0.1) is 19.3 Å². The van der Waals surface area contributed by atoms with Crippen molar-refractivity contribution in [1.82, 2.24) is 0 Å². The smallest absolute Gasteiger partial charge is 0.302 e. The SMILES string of the molecule is CC(=O)OC[C@@]12CO[C@@H](C)[C@@H](C(C)=C[C@@H]1C)[C@H]2C. The van der Waals surface area contributed by atoms with Gasteiger partial charge < -0.3 is 9.47 Å². The summed E-state index contributed by atoms with van der Waals surface area (Å²) in [5, 5.41) is 0. The lowest BCUT2D eigenvalue weighted by molar-refractivity contribution is -0.175. The summed E-state index contributed by atoms with van der Waals surface area (Å²) in [4.78, 5) is 11.1. The fourth-order valence-corrected chi connectivity index (χ4v) is 3.81. The third-order valence-corrected chi connectivity index (χ3v) is 5.06. The first-order valence-corrected chi connectivity index (χ1v) is 6.82. The second-order valence-corrected chi connectivity index (χ2v) is 6.04. The van der Waals surface area contributed by atoms with Gasteiger partial charge in [-0.05, 0) is 25.7 Å². The Morgan fingerprint density at radius 2 is 2.17 bits per heavy atom. The quantitative estimate of drug-likeness (QED) is 0.560. The van der Waals surface area contributed by atoms with E-state index in [2.05, 4.69) is 33.8 Å². The number of carbonyl (C=O) groups excluding carboxylic acids is 1. The van der Waals surface area contributed by atoms with Gasteiger partial charge in [-0.25, -0.2) is 0 Å².